The van der Waals surface area contributed by atoms with E-state index in [1.54, 1.807) is 0 Å². The van der Waals surface area contributed by atoms with Gasteiger partial charge in [0.15, 0.2) is 0 Å². The summed E-state index contributed by atoms with van der Waals surface area (Å²) in [5, 5.41) is 8.21. The molecule has 0 aliphatic carbocycles. The van der Waals surface area contributed by atoms with Crippen molar-refractivity contribution in [3.8, 4) is 0 Å². The number of rotatable bonds is 3. The van der Waals surface area contributed by atoms with E-state index < -0.39 is 5.97 Å². The van der Waals surface area contributed by atoms with Gasteiger partial charge in [-0.3, -0.25) is 4.79 Å². The first kappa shape index (κ1) is 8.20. The van der Waals surface area contributed by atoms with Crippen LogP contribution in [-0.2, 0) is 4.79 Å². The zero-order chi connectivity index (χ0) is 6.57. The van der Waals surface area contributed by atoms with Crippen molar-refractivity contribution in [1.82, 2.24) is 0 Å². The highest BCUT2D eigenvalue weighted by Crippen LogP contribution is 2.04. The van der Waals surface area contributed by atoms with E-state index in [9.17, 15) is 4.79 Å². The largest absolute Gasteiger partial charge is 0.481 e. The van der Waals surface area contributed by atoms with E-state index in [0.717, 1.165) is 4.43 Å². The summed E-state index contributed by atoms with van der Waals surface area (Å²) in [7, 11) is 0. The van der Waals surface area contributed by atoms with E-state index >= 15 is 0 Å². The van der Waals surface area contributed by atoms with Crippen molar-refractivity contribution in [3.05, 3.63) is 0 Å². The van der Waals surface area contributed by atoms with Gasteiger partial charge in [-0.2, -0.15) is 0 Å². The molecule has 0 aromatic carbocycles. The highest BCUT2D eigenvalue weighted by molar-refractivity contribution is 14.1. The molecule has 1 N–H and O–H groups in total. The highest BCUT2D eigenvalue weighted by Gasteiger charge is 2.03. The SMILES string of the molecule is CC(CI)CC(=O)O. The van der Waals surface area contributed by atoms with Crippen molar-refractivity contribution in [2.45, 2.75) is 13.3 Å². The normalized spacial score (nSPS) is 13.2. The van der Waals surface area contributed by atoms with Crippen LogP contribution in [0.25, 0.3) is 0 Å². The fraction of sp³-hybridized carbons (Fsp3) is 0.800. The molecule has 3 heteroatoms. The van der Waals surface area contributed by atoms with Gasteiger partial charge < -0.3 is 5.11 Å². The molecule has 0 spiro atoms. The zero-order valence-corrected chi connectivity index (χ0v) is 6.88. The Morgan fingerprint density at radius 3 is 2.50 bits per heavy atom. The van der Waals surface area contributed by atoms with E-state index in [4.69, 9.17) is 5.11 Å². The molecule has 0 amide bonds. The van der Waals surface area contributed by atoms with Crippen LogP contribution in [0.2, 0.25) is 0 Å². The number of carbonyl (C=O) groups is 1. The first-order chi connectivity index (χ1) is 3.66. The molecule has 1 unspecified atom stereocenters. The average molecular weight is 228 g/mol. The summed E-state index contributed by atoms with van der Waals surface area (Å²) in [5.41, 5.74) is 0. The van der Waals surface area contributed by atoms with Crippen LogP contribution in [0.4, 0.5) is 0 Å². The molecule has 0 aromatic heterocycles. The number of halogens is 1. The Hall–Kier alpha value is 0.200. The molecule has 0 heterocycles. The fourth-order valence-electron chi connectivity index (χ4n) is 0.353. The molecule has 0 radical (unpaired) electrons. The second-order valence-corrected chi connectivity index (χ2v) is 2.74. The average Bonchev–Trinajstić information content (AvgIpc) is 1.65. The third-order valence-corrected chi connectivity index (χ3v) is 2.29. The van der Waals surface area contributed by atoms with Gasteiger partial charge in [0, 0.05) is 10.8 Å². The van der Waals surface area contributed by atoms with Crippen molar-refractivity contribution in [1.29, 1.82) is 0 Å². The van der Waals surface area contributed by atoms with Crippen LogP contribution < -0.4 is 0 Å². The molecule has 8 heavy (non-hydrogen) atoms. The van der Waals surface area contributed by atoms with Crippen LogP contribution in [0.1, 0.15) is 13.3 Å². The van der Waals surface area contributed by atoms with Gasteiger partial charge in [0.25, 0.3) is 0 Å². The maximum Gasteiger partial charge on any atom is 0.303 e. The number of alkyl halides is 1. The van der Waals surface area contributed by atoms with E-state index in [-0.39, 0.29) is 0 Å². The number of hydrogen-bond acceptors (Lipinski definition) is 1. The molecular weight excluding hydrogens is 219 g/mol. The second kappa shape index (κ2) is 4.12. The summed E-state index contributed by atoms with van der Waals surface area (Å²) >= 11 is 2.18. The van der Waals surface area contributed by atoms with Gasteiger partial charge in [-0.25, -0.2) is 0 Å². The molecule has 0 saturated heterocycles. The Morgan fingerprint density at radius 1 is 1.88 bits per heavy atom. The maximum atomic E-state index is 9.97. The lowest BCUT2D eigenvalue weighted by Crippen LogP contribution is -2.04. The van der Waals surface area contributed by atoms with Crippen molar-refractivity contribution in [3.63, 3.8) is 0 Å². The summed E-state index contributed by atoms with van der Waals surface area (Å²) in [6.07, 6.45) is 0.295. The minimum Gasteiger partial charge on any atom is -0.481 e. The van der Waals surface area contributed by atoms with Crippen LogP contribution in [0.15, 0.2) is 0 Å². The molecule has 0 aliphatic heterocycles. The van der Waals surface area contributed by atoms with Gasteiger partial charge in [-0.15, -0.1) is 0 Å². The minimum absolute atomic E-state index is 0.295. The maximum absolute atomic E-state index is 9.97. The molecule has 0 rings (SSSR count). The molecule has 1 atom stereocenters. The molecule has 0 aliphatic rings. The molecule has 0 fully saturated rings. The lowest BCUT2D eigenvalue weighted by atomic mass is 10.1. The second-order valence-electron chi connectivity index (χ2n) is 1.86. The van der Waals surface area contributed by atoms with E-state index in [0.29, 0.717) is 12.3 Å². The van der Waals surface area contributed by atoms with E-state index in [1.165, 1.54) is 0 Å². The number of aliphatic carboxylic acids is 1. The molecular formula is C5H9IO2. The van der Waals surface area contributed by atoms with Crippen LogP contribution in [0.5, 0.6) is 0 Å². The highest BCUT2D eigenvalue weighted by atomic mass is 127. The Kier molecular flexibility index (Phi) is 4.22. The molecule has 0 saturated carbocycles. The summed E-state index contributed by atoms with van der Waals surface area (Å²) < 4.78 is 0.921. The standard InChI is InChI=1S/C5H9IO2/c1-4(3-6)2-5(7)8/h4H,2-3H2,1H3,(H,7,8). The number of carboxylic acids is 1. The topological polar surface area (TPSA) is 37.3 Å². The lowest BCUT2D eigenvalue weighted by molar-refractivity contribution is -0.137. The van der Waals surface area contributed by atoms with Crippen LogP contribution in [0.3, 0.4) is 0 Å². The van der Waals surface area contributed by atoms with Gasteiger partial charge in [-0.1, -0.05) is 29.5 Å². The smallest absolute Gasteiger partial charge is 0.303 e. The predicted molar refractivity (Wildman–Crippen MR) is 40.3 cm³/mol. The zero-order valence-electron chi connectivity index (χ0n) is 4.72. The minimum atomic E-state index is -0.700. The van der Waals surface area contributed by atoms with Gasteiger partial charge in [0.2, 0.25) is 0 Å². The van der Waals surface area contributed by atoms with Gasteiger partial charge in [0.1, 0.15) is 0 Å². The quantitative estimate of drug-likeness (QED) is 0.587. The molecule has 0 aromatic rings. The Labute approximate surface area is 62.4 Å². The van der Waals surface area contributed by atoms with Gasteiger partial charge in [0.05, 0.1) is 0 Å². The van der Waals surface area contributed by atoms with E-state index in [2.05, 4.69) is 22.6 Å². The van der Waals surface area contributed by atoms with Crippen LogP contribution in [0, 0.1) is 5.92 Å². The van der Waals surface area contributed by atoms with Crippen molar-refractivity contribution in [2.24, 2.45) is 5.92 Å². The van der Waals surface area contributed by atoms with Gasteiger partial charge >= 0.3 is 5.97 Å². The predicted octanol–water partition coefficient (Wildman–Crippen LogP) is 1.53. The van der Waals surface area contributed by atoms with Crippen molar-refractivity contribution < 1.29 is 9.90 Å². The number of hydrogen-bond donors (Lipinski definition) is 1. The first-order valence-corrected chi connectivity index (χ1v) is 3.97. The number of carboxylic acid groups (broad SMARTS) is 1. The summed E-state index contributed by atoms with van der Waals surface area (Å²) in [6.45, 7) is 1.93. The first-order valence-electron chi connectivity index (χ1n) is 2.44. The summed E-state index contributed by atoms with van der Waals surface area (Å²) in [5.74, 6) is -0.387. The molecule has 0 bridgehead atoms. The third kappa shape index (κ3) is 4.36. The molecule has 2 nitrogen and oxygen atoms in total. The Bertz CT molecular complexity index is 82.5. The summed E-state index contributed by atoms with van der Waals surface area (Å²) in [6, 6.07) is 0. The molecule has 48 valence electrons. The Balaban J connectivity index is 3.24. The van der Waals surface area contributed by atoms with Crippen LogP contribution >= 0.6 is 22.6 Å². The third-order valence-electron chi connectivity index (χ3n) is 0.786. The van der Waals surface area contributed by atoms with Crippen LogP contribution in [-0.4, -0.2) is 15.5 Å². The van der Waals surface area contributed by atoms with Gasteiger partial charge in [-0.05, 0) is 5.92 Å². The lowest BCUT2D eigenvalue weighted by Gasteiger charge is -1.99. The van der Waals surface area contributed by atoms with Crippen molar-refractivity contribution in [2.75, 3.05) is 4.43 Å². The fourth-order valence-corrected chi connectivity index (χ4v) is 0.664. The van der Waals surface area contributed by atoms with E-state index in [1.807, 2.05) is 6.92 Å². The van der Waals surface area contributed by atoms with Crippen molar-refractivity contribution >= 4 is 28.6 Å². The summed E-state index contributed by atoms with van der Waals surface area (Å²) in [4.78, 5) is 9.97. The monoisotopic (exact) mass is 228 g/mol. The Morgan fingerprint density at radius 2 is 2.38 bits per heavy atom.